The molecule has 4 heteroatoms. The van der Waals surface area contributed by atoms with Crippen molar-refractivity contribution in [3.63, 3.8) is 0 Å². The monoisotopic (exact) mass is 199 g/mol. The van der Waals surface area contributed by atoms with E-state index in [1.54, 1.807) is 0 Å². The summed E-state index contributed by atoms with van der Waals surface area (Å²) in [5.74, 6) is 0.754. The molecule has 0 aromatic carbocycles. The van der Waals surface area contributed by atoms with Gasteiger partial charge in [-0.15, -0.1) is 0 Å². The van der Waals surface area contributed by atoms with Gasteiger partial charge in [-0.05, 0) is 13.5 Å². The Labute approximate surface area is 86.1 Å². The number of hydrogen-bond donors (Lipinski definition) is 1. The van der Waals surface area contributed by atoms with Crippen LogP contribution in [0.1, 0.15) is 19.8 Å². The van der Waals surface area contributed by atoms with Crippen LogP contribution in [-0.4, -0.2) is 50.1 Å². The molecule has 0 aromatic rings. The van der Waals surface area contributed by atoms with E-state index >= 15 is 0 Å². The summed E-state index contributed by atoms with van der Waals surface area (Å²) in [5, 5.41) is 0. The molecule has 1 aliphatic rings. The van der Waals surface area contributed by atoms with Crippen LogP contribution in [-0.2, 0) is 4.74 Å². The molecule has 14 heavy (non-hydrogen) atoms. The van der Waals surface area contributed by atoms with Crippen molar-refractivity contribution in [1.82, 2.24) is 4.90 Å². The van der Waals surface area contributed by atoms with E-state index in [1.165, 1.54) is 0 Å². The highest BCUT2D eigenvalue weighted by atomic mass is 16.5. The molecule has 0 spiro atoms. The second kappa shape index (κ2) is 5.98. The van der Waals surface area contributed by atoms with Gasteiger partial charge in [0.2, 0.25) is 0 Å². The normalized spacial score (nSPS) is 25.3. The van der Waals surface area contributed by atoms with Crippen LogP contribution in [0.3, 0.4) is 0 Å². The molecule has 1 rings (SSSR count). The largest absolute Gasteiger partial charge is 0.387 e. The summed E-state index contributed by atoms with van der Waals surface area (Å²) < 4.78 is 5.57. The number of amidine groups is 1. The van der Waals surface area contributed by atoms with E-state index in [1.807, 2.05) is 0 Å². The van der Waals surface area contributed by atoms with Crippen LogP contribution in [0.25, 0.3) is 0 Å². The maximum atomic E-state index is 5.72. The van der Waals surface area contributed by atoms with Crippen molar-refractivity contribution in [2.45, 2.75) is 25.9 Å². The van der Waals surface area contributed by atoms with E-state index < -0.39 is 0 Å². The Morgan fingerprint density at radius 1 is 1.64 bits per heavy atom. The lowest BCUT2D eigenvalue weighted by Crippen LogP contribution is -2.41. The molecule has 1 saturated heterocycles. The summed E-state index contributed by atoms with van der Waals surface area (Å²) in [7, 11) is 2.11. The number of nitrogens with zero attached hydrogens (tertiary/aromatic N) is 2. The Hall–Kier alpha value is -0.610. The zero-order valence-corrected chi connectivity index (χ0v) is 9.20. The van der Waals surface area contributed by atoms with Gasteiger partial charge in [-0.3, -0.25) is 4.99 Å². The van der Waals surface area contributed by atoms with Crippen LogP contribution in [0.2, 0.25) is 0 Å². The standard InChI is InChI=1S/C10H21N3O/c1-3-4-10(11)12-7-9-8-13(2)5-6-14-9/h9H,3-8H2,1-2H3,(H2,11,12). The van der Waals surface area contributed by atoms with Crippen molar-refractivity contribution in [1.29, 1.82) is 0 Å². The van der Waals surface area contributed by atoms with Crippen LogP contribution in [0.15, 0.2) is 4.99 Å². The predicted octanol–water partition coefficient (Wildman–Crippen LogP) is 0.474. The Morgan fingerprint density at radius 3 is 3.07 bits per heavy atom. The minimum absolute atomic E-state index is 0.226. The van der Waals surface area contributed by atoms with Crippen LogP contribution < -0.4 is 5.73 Å². The first kappa shape index (κ1) is 11.5. The fourth-order valence-electron chi connectivity index (χ4n) is 1.53. The first-order valence-corrected chi connectivity index (χ1v) is 5.31. The molecule has 0 aliphatic carbocycles. The molecule has 1 heterocycles. The molecule has 4 nitrogen and oxygen atoms in total. The highest BCUT2D eigenvalue weighted by Crippen LogP contribution is 2.03. The maximum Gasteiger partial charge on any atom is 0.0938 e. The molecule has 0 amide bonds. The van der Waals surface area contributed by atoms with Crippen molar-refractivity contribution in [2.75, 3.05) is 33.3 Å². The molecule has 0 aromatic heterocycles. The maximum absolute atomic E-state index is 5.72. The van der Waals surface area contributed by atoms with Crippen LogP contribution in [0.5, 0.6) is 0 Å². The molecule has 1 fully saturated rings. The van der Waals surface area contributed by atoms with Gasteiger partial charge in [0.25, 0.3) is 0 Å². The Kier molecular flexibility index (Phi) is 4.90. The Morgan fingerprint density at radius 2 is 2.43 bits per heavy atom. The highest BCUT2D eigenvalue weighted by molar-refractivity contribution is 5.80. The van der Waals surface area contributed by atoms with Crippen molar-refractivity contribution in [3.8, 4) is 0 Å². The second-order valence-electron chi connectivity index (χ2n) is 3.84. The van der Waals surface area contributed by atoms with Gasteiger partial charge in [-0.1, -0.05) is 6.92 Å². The third-order valence-electron chi connectivity index (χ3n) is 2.35. The zero-order chi connectivity index (χ0) is 10.4. The number of aliphatic imine (C=N–C) groups is 1. The van der Waals surface area contributed by atoms with Crippen molar-refractivity contribution >= 4 is 5.84 Å². The van der Waals surface area contributed by atoms with Gasteiger partial charge >= 0.3 is 0 Å². The first-order valence-electron chi connectivity index (χ1n) is 5.31. The zero-order valence-electron chi connectivity index (χ0n) is 9.20. The molecule has 1 unspecified atom stereocenters. The molecule has 2 N–H and O–H groups in total. The lowest BCUT2D eigenvalue weighted by atomic mass is 10.3. The van der Waals surface area contributed by atoms with Gasteiger partial charge in [0.1, 0.15) is 0 Å². The Balaban J connectivity index is 2.26. The topological polar surface area (TPSA) is 50.8 Å². The third-order valence-corrected chi connectivity index (χ3v) is 2.35. The first-order chi connectivity index (χ1) is 6.72. The van der Waals surface area contributed by atoms with E-state index in [4.69, 9.17) is 10.5 Å². The van der Waals surface area contributed by atoms with Gasteiger partial charge in [-0.25, -0.2) is 0 Å². The molecule has 0 bridgehead atoms. The lowest BCUT2D eigenvalue weighted by molar-refractivity contribution is -0.0136. The highest BCUT2D eigenvalue weighted by Gasteiger charge is 2.16. The van der Waals surface area contributed by atoms with E-state index in [0.717, 1.165) is 38.4 Å². The number of nitrogens with two attached hydrogens (primary N) is 1. The summed E-state index contributed by atoms with van der Waals surface area (Å²) in [6.07, 6.45) is 2.17. The van der Waals surface area contributed by atoms with Crippen LogP contribution in [0.4, 0.5) is 0 Å². The minimum atomic E-state index is 0.226. The SMILES string of the molecule is CCCC(N)=NCC1CN(C)CCO1. The molecule has 0 saturated carbocycles. The van der Waals surface area contributed by atoms with Crippen LogP contribution in [0, 0.1) is 0 Å². The Bertz CT molecular complexity index is 194. The second-order valence-corrected chi connectivity index (χ2v) is 3.84. The minimum Gasteiger partial charge on any atom is -0.387 e. The fourth-order valence-corrected chi connectivity index (χ4v) is 1.53. The smallest absolute Gasteiger partial charge is 0.0938 e. The van der Waals surface area contributed by atoms with E-state index in [9.17, 15) is 0 Å². The van der Waals surface area contributed by atoms with E-state index in [-0.39, 0.29) is 6.10 Å². The van der Waals surface area contributed by atoms with Crippen molar-refractivity contribution in [3.05, 3.63) is 0 Å². The van der Waals surface area contributed by atoms with Gasteiger partial charge in [0.15, 0.2) is 0 Å². The summed E-state index contributed by atoms with van der Waals surface area (Å²) in [4.78, 5) is 6.58. The number of morpholine rings is 1. The molecule has 1 atom stereocenters. The van der Waals surface area contributed by atoms with Gasteiger partial charge in [0.05, 0.1) is 25.1 Å². The average Bonchev–Trinajstić information content (AvgIpc) is 2.15. The molecular formula is C10H21N3O. The molecule has 0 radical (unpaired) electrons. The van der Waals surface area contributed by atoms with Crippen LogP contribution >= 0.6 is 0 Å². The number of likely N-dealkylation sites (N-methyl/N-ethyl adjacent to an activating group) is 1. The molecule has 1 aliphatic heterocycles. The predicted molar refractivity (Wildman–Crippen MR) is 58.6 cm³/mol. The molecule has 82 valence electrons. The lowest BCUT2D eigenvalue weighted by Gasteiger charge is -2.29. The average molecular weight is 199 g/mol. The third kappa shape index (κ3) is 4.07. The summed E-state index contributed by atoms with van der Waals surface area (Å²) in [5.41, 5.74) is 5.72. The number of hydrogen-bond acceptors (Lipinski definition) is 3. The van der Waals surface area contributed by atoms with Crippen molar-refractivity contribution in [2.24, 2.45) is 10.7 Å². The van der Waals surface area contributed by atoms with Gasteiger partial charge in [0, 0.05) is 19.5 Å². The van der Waals surface area contributed by atoms with Gasteiger partial charge in [-0.2, -0.15) is 0 Å². The van der Waals surface area contributed by atoms with Crippen molar-refractivity contribution < 1.29 is 4.74 Å². The van der Waals surface area contributed by atoms with E-state index in [2.05, 4.69) is 23.9 Å². The quantitative estimate of drug-likeness (QED) is 0.529. The number of rotatable bonds is 4. The number of ether oxygens (including phenoxy) is 1. The summed E-state index contributed by atoms with van der Waals surface area (Å²) in [6.45, 7) is 5.60. The summed E-state index contributed by atoms with van der Waals surface area (Å²) >= 11 is 0. The van der Waals surface area contributed by atoms with Gasteiger partial charge < -0.3 is 15.4 Å². The fraction of sp³-hybridized carbons (Fsp3) is 0.900. The summed E-state index contributed by atoms with van der Waals surface area (Å²) in [6, 6.07) is 0. The van der Waals surface area contributed by atoms with E-state index in [0.29, 0.717) is 6.54 Å². The molecular weight excluding hydrogens is 178 g/mol.